The van der Waals surface area contributed by atoms with E-state index in [4.69, 9.17) is 10.4 Å². The van der Waals surface area contributed by atoms with Gasteiger partial charge in [-0.25, -0.2) is 4.39 Å². The molecule has 0 heterocycles. The van der Waals surface area contributed by atoms with Gasteiger partial charge in [0.2, 0.25) is 0 Å². The molecule has 92 valence electrons. The van der Waals surface area contributed by atoms with Gasteiger partial charge >= 0.3 is 0 Å². The average Bonchev–Trinajstić information content (AvgIpc) is 2.28. The number of hydrogen-bond donors (Lipinski definition) is 2. The Bertz CT molecular complexity index is 401. The molecule has 0 radical (unpaired) electrons. The van der Waals surface area contributed by atoms with Crippen LogP contribution in [0.1, 0.15) is 24.5 Å². The van der Waals surface area contributed by atoms with Crippen molar-refractivity contribution in [3.63, 3.8) is 0 Å². The minimum Gasteiger partial charge on any atom is -0.396 e. The Labute approximate surface area is 101 Å². The molecule has 4 heteroatoms. The molecule has 0 saturated heterocycles. The lowest BCUT2D eigenvalue weighted by atomic mass is 10.1. The molecule has 3 nitrogen and oxygen atoms in total. The number of hydrogen-bond acceptors (Lipinski definition) is 3. The molecule has 0 saturated carbocycles. The van der Waals surface area contributed by atoms with Crippen molar-refractivity contribution in [1.29, 1.82) is 5.26 Å². The van der Waals surface area contributed by atoms with Gasteiger partial charge in [-0.3, -0.25) is 0 Å². The summed E-state index contributed by atoms with van der Waals surface area (Å²) in [6.45, 7) is 3.51. The third-order valence-corrected chi connectivity index (χ3v) is 2.53. The zero-order chi connectivity index (χ0) is 12.7. The van der Waals surface area contributed by atoms with E-state index in [9.17, 15) is 4.39 Å². The van der Waals surface area contributed by atoms with Gasteiger partial charge in [0.05, 0.1) is 11.6 Å². The molecule has 0 amide bonds. The van der Waals surface area contributed by atoms with Crippen LogP contribution in [0.25, 0.3) is 0 Å². The fraction of sp³-hybridized carbons (Fsp3) is 0.462. The first-order chi connectivity index (χ1) is 8.15. The van der Waals surface area contributed by atoms with Crippen molar-refractivity contribution in [2.24, 2.45) is 5.92 Å². The van der Waals surface area contributed by atoms with Crippen molar-refractivity contribution in [2.45, 2.75) is 19.9 Å². The van der Waals surface area contributed by atoms with Gasteiger partial charge < -0.3 is 10.4 Å². The summed E-state index contributed by atoms with van der Waals surface area (Å²) in [7, 11) is 0. The summed E-state index contributed by atoms with van der Waals surface area (Å²) < 4.78 is 13.1. The Morgan fingerprint density at radius 2 is 2.24 bits per heavy atom. The smallest absolute Gasteiger partial charge is 0.124 e. The third-order valence-electron chi connectivity index (χ3n) is 2.53. The van der Waals surface area contributed by atoms with E-state index in [1.165, 1.54) is 12.1 Å². The lowest BCUT2D eigenvalue weighted by Gasteiger charge is -2.11. The van der Waals surface area contributed by atoms with Crippen molar-refractivity contribution in [3.8, 4) is 6.07 Å². The molecule has 0 spiro atoms. The Balaban J connectivity index is 2.47. The van der Waals surface area contributed by atoms with Crippen LogP contribution < -0.4 is 5.32 Å². The molecule has 17 heavy (non-hydrogen) atoms. The molecule has 0 aliphatic heterocycles. The normalized spacial score (nSPS) is 12.1. The van der Waals surface area contributed by atoms with Gasteiger partial charge in [0.15, 0.2) is 0 Å². The van der Waals surface area contributed by atoms with Crippen LogP contribution in [0.3, 0.4) is 0 Å². The molecule has 0 bridgehead atoms. The maximum absolute atomic E-state index is 13.1. The van der Waals surface area contributed by atoms with E-state index in [1.54, 1.807) is 6.07 Å². The largest absolute Gasteiger partial charge is 0.396 e. The van der Waals surface area contributed by atoms with Gasteiger partial charge in [0.1, 0.15) is 5.82 Å². The fourth-order valence-electron chi connectivity index (χ4n) is 1.60. The van der Waals surface area contributed by atoms with E-state index in [0.29, 0.717) is 18.0 Å². The Hall–Kier alpha value is -1.44. The van der Waals surface area contributed by atoms with Crippen LogP contribution in [0.5, 0.6) is 0 Å². The Morgan fingerprint density at radius 3 is 2.88 bits per heavy atom. The zero-order valence-corrected chi connectivity index (χ0v) is 9.91. The lowest BCUT2D eigenvalue weighted by Crippen LogP contribution is -2.21. The Morgan fingerprint density at radius 1 is 1.47 bits per heavy atom. The van der Waals surface area contributed by atoms with Gasteiger partial charge in [-0.05, 0) is 42.6 Å². The van der Waals surface area contributed by atoms with E-state index < -0.39 is 0 Å². The molecular formula is C13H17FN2O. The molecule has 1 atom stereocenters. The summed E-state index contributed by atoms with van der Waals surface area (Å²) >= 11 is 0. The van der Waals surface area contributed by atoms with Crippen LogP contribution >= 0.6 is 0 Å². The highest BCUT2D eigenvalue weighted by molar-refractivity contribution is 5.33. The molecule has 0 aliphatic carbocycles. The number of nitrogens with zero attached hydrogens (tertiary/aromatic N) is 1. The summed E-state index contributed by atoms with van der Waals surface area (Å²) in [4.78, 5) is 0. The fourth-order valence-corrected chi connectivity index (χ4v) is 1.60. The molecule has 0 fully saturated rings. The summed E-state index contributed by atoms with van der Waals surface area (Å²) in [6.07, 6.45) is 0.750. The second-order valence-electron chi connectivity index (χ2n) is 4.21. The summed E-state index contributed by atoms with van der Waals surface area (Å²) in [6, 6.07) is 6.24. The van der Waals surface area contributed by atoms with Gasteiger partial charge in [0, 0.05) is 13.2 Å². The first-order valence-electron chi connectivity index (χ1n) is 5.67. The van der Waals surface area contributed by atoms with E-state index in [2.05, 4.69) is 5.32 Å². The van der Waals surface area contributed by atoms with Gasteiger partial charge in [-0.1, -0.05) is 6.92 Å². The van der Waals surface area contributed by atoms with E-state index in [1.807, 2.05) is 13.0 Å². The molecule has 1 aromatic rings. The number of nitriles is 1. The standard InChI is InChI=1S/C13H17FN2O/c1-10(2-3-17)8-16-9-12-4-11(7-15)5-13(14)6-12/h4-6,10,16-17H,2-3,8-9H2,1H3. The van der Waals surface area contributed by atoms with Gasteiger partial charge in [-0.2, -0.15) is 5.26 Å². The van der Waals surface area contributed by atoms with Crippen molar-refractivity contribution >= 4 is 0 Å². The first kappa shape index (κ1) is 13.6. The van der Waals surface area contributed by atoms with Gasteiger partial charge in [-0.15, -0.1) is 0 Å². The van der Waals surface area contributed by atoms with Crippen LogP contribution in [0.4, 0.5) is 4.39 Å². The van der Waals surface area contributed by atoms with Crippen molar-refractivity contribution in [3.05, 3.63) is 35.1 Å². The molecule has 0 aromatic heterocycles. The topological polar surface area (TPSA) is 56.0 Å². The van der Waals surface area contributed by atoms with Crippen LogP contribution in [0.15, 0.2) is 18.2 Å². The quantitative estimate of drug-likeness (QED) is 0.792. The molecule has 1 unspecified atom stereocenters. The lowest BCUT2D eigenvalue weighted by molar-refractivity contribution is 0.260. The van der Waals surface area contributed by atoms with Crippen molar-refractivity contribution in [1.82, 2.24) is 5.32 Å². The van der Waals surface area contributed by atoms with Crippen molar-refractivity contribution < 1.29 is 9.50 Å². The summed E-state index contributed by atoms with van der Waals surface area (Å²) in [5.74, 6) is -0.00625. The number of aliphatic hydroxyl groups is 1. The molecule has 2 N–H and O–H groups in total. The monoisotopic (exact) mass is 236 g/mol. The van der Waals surface area contributed by atoms with Gasteiger partial charge in [0.25, 0.3) is 0 Å². The predicted octanol–water partition coefficient (Wildman–Crippen LogP) is 1.81. The summed E-state index contributed by atoms with van der Waals surface area (Å²) in [5, 5.41) is 20.6. The SMILES string of the molecule is CC(CCO)CNCc1cc(F)cc(C#N)c1. The first-order valence-corrected chi connectivity index (χ1v) is 5.67. The second-order valence-corrected chi connectivity index (χ2v) is 4.21. The average molecular weight is 236 g/mol. The number of benzene rings is 1. The Kier molecular flexibility index (Phi) is 5.61. The highest BCUT2D eigenvalue weighted by Gasteiger charge is 2.03. The third kappa shape index (κ3) is 4.94. The molecule has 0 aliphatic rings. The van der Waals surface area contributed by atoms with Crippen LogP contribution in [-0.4, -0.2) is 18.3 Å². The van der Waals surface area contributed by atoms with E-state index in [-0.39, 0.29) is 12.4 Å². The minimum absolute atomic E-state index is 0.182. The summed E-state index contributed by atoms with van der Waals surface area (Å²) in [5.41, 5.74) is 1.10. The number of rotatable bonds is 6. The number of aliphatic hydroxyl groups excluding tert-OH is 1. The second kappa shape index (κ2) is 7.00. The maximum Gasteiger partial charge on any atom is 0.124 e. The molecule has 1 aromatic carbocycles. The minimum atomic E-state index is -0.385. The van der Waals surface area contributed by atoms with Crippen LogP contribution in [0.2, 0.25) is 0 Å². The number of nitrogens with one attached hydrogen (secondary N) is 1. The van der Waals surface area contributed by atoms with Crippen LogP contribution in [-0.2, 0) is 6.54 Å². The number of halogens is 1. The van der Waals surface area contributed by atoms with E-state index >= 15 is 0 Å². The zero-order valence-electron chi connectivity index (χ0n) is 9.91. The predicted molar refractivity (Wildman–Crippen MR) is 63.7 cm³/mol. The van der Waals surface area contributed by atoms with Crippen molar-refractivity contribution in [2.75, 3.05) is 13.2 Å². The maximum atomic E-state index is 13.1. The molecule has 1 rings (SSSR count). The molecular weight excluding hydrogens is 219 g/mol. The van der Waals surface area contributed by atoms with E-state index in [0.717, 1.165) is 18.5 Å². The van der Waals surface area contributed by atoms with Crippen LogP contribution in [0, 0.1) is 23.1 Å². The highest BCUT2D eigenvalue weighted by Crippen LogP contribution is 2.08. The highest BCUT2D eigenvalue weighted by atomic mass is 19.1.